The summed E-state index contributed by atoms with van der Waals surface area (Å²) >= 11 is 0. The lowest BCUT2D eigenvalue weighted by molar-refractivity contribution is 0.581. The van der Waals surface area contributed by atoms with E-state index in [1.165, 1.54) is 0 Å². The second-order valence-electron chi connectivity index (χ2n) is 7.17. The Bertz CT molecular complexity index is 1200. The fraction of sp³-hybridized carbons (Fsp3) is 0.208. The Morgan fingerprint density at radius 2 is 1.72 bits per heavy atom. The summed E-state index contributed by atoms with van der Waals surface area (Å²) in [6.07, 6.45) is 1.83. The van der Waals surface area contributed by atoms with Crippen molar-refractivity contribution in [3.8, 4) is 23.0 Å². The van der Waals surface area contributed by atoms with Gasteiger partial charge in [0.05, 0.1) is 11.9 Å². The molecule has 0 amide bonds. The second-order valence-corrected chi connectivity index (χ2v) is 7.17. The molecule has 1 atom stereocenters. The maximum atomic E-state index is 6.16. The lowest BCUT2D eigenvalue weighted by Crippen LogP contribution is -2.23. The first kappa shape index (κ1) is 18.7. The van der Waals surface area contributed by atoms with Crippen LogP contribution < -0.4 is 5.73 Å². The quantitative estimate of drug-likeness (QED) is 0.701. The van der Waals surface area contributed by atoms with Gasteiger partial charge in [-0.25, -0.2) is 9.98 Å². The number of hydrogen-bond acceptors (Lipinski definition) is 4. The van der Waals surface area contributed by atoms with Crippen LogP contribution in [0.15, 0.2) is 64.7 Å². The van der Waals surface area contributed by atoms with Crippen molar-refractivity contribution in [2.45, 2.75) is 26.4 Å². The van der Waals surface area contributed by atoms with E-state index in [-0.39, 0.29) is 0 Å². The molecule has 3 aromatic rings. The van der Waals surface area contributed by atoms with E-state index >= 15 is 0 Å². The molecular weight excluding hydrogens is 358 g/mol. The Hall–Kier alpha value is -3.65. The fourth-order valence-corrected chi connectivity index (χ4v) is 3.66. The number of rotatable bonds is 3. The molecule has 4 rings (SSSR count). The Kier molecular flexibility index (Phi) is 4.56. The predicted octanol–water partition coefficient (Wildman–Crippen LogP) is 3.80. The highest BCUT2D eigenvalue weighted by molar-refractivity contribution is 6.41. The van der Waals surface area contributed by atoms with Gasteiger partial charge in [0.25, 0.3) is 0 Å². The highest BCUT2D eigenvalue weighted by Crippen LogP contribution is 2.41. The minimum atomic E-state index is -0.913. The first-order chi connectivity index (χ1) is 13.9. The molecule has 0 bridgehead atoms. The summed E-state index contributed by atoms with van der Waals surface area (Å²) < 4.78 is 1.84. The first-order valence-corrected chi connectivity index (χ1v) is 9.49. The van der Waals surface area contributed by atoms with Gasteiger partial charge in [0, 0.05) is 29.4 Å². The zero-order valence-corrected chi connectivity index (χ0v) is 17.1. The van der Waals surface area contributed by atoms with Crippen molar-refractivity contribution in [2.75, 3.05) is 0 Å². The molecule has 144 valence electrons. The molecular formula is C24H23N5. The smallest absolute Gasteiger partial charge is 0.207 e. The third-order valence-corrected chi connectivity index (χ3v) is 5.32. The number of nitrogens with two attached hydrogens (primary N) is 1. The topological polar surface area (TPSA) is 68.6 Å². The molecule has 0 fully saturated rings. The van der Waals surface area contributed by atoms with Crippen LogP contribution in [0.2, 0.25) is 0 Å². The van der Waals surface area contributed by atoms with Gasteiger partial charge in [-0.05, 0) is 50.1 Å². The van der Waals surface area contributed by atoms with Crippen LogP contribution in [-0.2, 0) is 12.7 Å². The van der Waals surface area contributed by atoms with Gasteiger partial charge in [-0.15, -0.1) is 5.92 Å². The largest absolute Gasteiger partial charge is 0.382 e. The van der Waals surface area contributed by atoms with Gasteiger partial charge in [-0.3, -0.25) is 4.68 Å². The van der Waals surface area contributed by atoms with Crippen molar-refractivity contribution in [3.05, 3.63) is 77.1 Å². The van der Waals surface area contributed by atoms with Crippen LogP contribution in [0.4, 0.5) is 0 Å². The molecule has 2 heterocycles. The molecule has 1 unspecified atom stereocenters. The number of aromatic nitrogens is 2. The van der Waals surface area contributed by atoms with Gasteiger partial charge in [-0.2, -0.15) is 5.10 Å². The Morgan fingerprint density at radius 3 is 2.34 bits per heavy atom. The van der Waals surface area contributed by atoms with Crippen LogP contribution in [0.5, 0.6) is 0 Å². The number of hydrogen-bond donors (Lipinski definition) is 1. The van der Waals surface area contributed by atoms with E-state index in [9.17, 15) is 0 Å². The van der Waals surface area contributed by atoms with E-state index in [1.54, 1.807) is 0 Å². The number of aliphatic imine (C=N–C) groups is 2. The highest BCUT2D eigenvalue weighted by atomic mass is 15.3. The summed E-state index contributed by atoms with van der Waals surface area (Å²) in [6, 6.07) is 16.5. The molecule has 0 saturated carbocycles. The predicted molar refractivity (Wildman–Crippen MR) is 118 cm³/mol. The summed E-state index contributed by atoms with van der Waals surface area (Å²) in [5, 5.41) is 4.42. The van der Waals surface area contributed by atoms with Crippen molar-refractivity contribution in [2.24, 2.45) is 22.8 Å². The second kappa shape index (κ2) is 7.06. The Labute approximate surface area is 171 Å². The zero-order valence-electron chi connectivity index (χ0n) is 17.1. The number of nitrogens with zero attached hydrogens (tertiary/aromatic N) is 4. The van der Waals surface area contributed by atoms with E-state index in [0.717, 1.165) is 39.2 Å². The summed E-state index contributed by atoms with van der Waals surface area (Å²) in [5.41, 5.74) is 12.0. The van der Waals surface area contributed by atoms with Gasteiger partial charge in [0.1, 0.15) is 5.84 Å². The van der Waals surface area contributed by atoms with Gasteiger partial charge in [-0.1, -0.05) is 36.3 Å². The molecule has 2 N–H and O–H groups in total. The van der Waals surface area contributed by atoms with E-state index < -0.39 is 5.66 Å². The van der Waals surface area contributed by atoms with Gasteiger partial charge >= 0.3 is 0 Å². The Morgan fingerprint density at radius 1 is 1.00 bits per heavy atom. The standard InChI is InChI=1S/C24H23N5/c1-5-8-18-9-6-10-19(13-18)20-11-7-12-21(14-20)24(27-16(2)23(25)28-24)22-15-26-29(4)17(22)3/h6-7,9-15H,1-4H3,(H2,25,28). The molecule has 0 saturated heterocycles. The lowest BCUT2D eigenvalue weighted by atomic mass is 9.90. The Balaban J connectivity index is 1.90. The van der Waals surface area contributed by atoms with Crippen LogP contribution in [0.25, 0.3) is 11.1 Å². The molecule has 1 aliphatic rings. The van der Waals surface area contributed by atoms with Crippen molar-refractivity contribution >= 4 is 11.5 Å². The highest BCUT2D eigenvalue weighted by Gasteiger charge is 2.40. The van der Waals surface area contributed by atoms with E-state index in [1.807, 2.05) is 63.0 Å². The molecule has 5 heteroatoms. The third-order valence-electron chi connectivity index (χ3n) is 5.32. The van der Waals surface area contributed by atoms with Crippen LogP contribution >= 0.6 is 0 Å². The van der Waals surface area contributed by atoms with Crippen LogP contribution in [0.1, 0.15) is 36.2 Å². The molecule has 1 aliphatic heterocycles. The third kappa shape index (κ3) is 3.13. The molecule has 5 nitrogen and oxygen atoms in total. The van der Waals surface area contributed by atoms with Gasteiger partial charge in [0.15, 0.2) is 0 Å². The summed E-state index contributed by atoms with van der Waals surface area (Å²) in [7, 11) is 1.92. The monoisotopic (exact) mass is 381 g/mol. The number of aryl methyl sites for hydroxylation is 1. The fourth-order valence-electron chi connectivity index (χ4n) is 3.66. The average Bonchev–Trinajstić information content (AvgIpc) is 3.22. The zero-order chi connectivity index (χ0) is 20.6. The summed E-state index contributed by atoms with van der Waals surface area (Å²) in [4.78, 5) is 9.72. The number of benzene rings is 2. The molecule has 29 heavy (non-hydrogen) atoms. The molecule has 0 radical (unpaired) electrons. The minimum absolute atomic E-state index is 0.457. The van der Waals surface area contributed by atoms with Crippen molar-refractivity contribution in [1.82, 2.24) is 9.78 Å². The lowest BCUT2D eigenvalue weighted by Gasteiger charge is -2.24. The SMILES string of the molecule is CC#Cc1cccc(-c2cccc(C3(c4cnn(C)c4C)N=C(C)C(N)=N3)c2)c1. The van der Waals surface area contributed by atoms with Crippen molar-refractivity contribution < 1.29 is 0 Å². The maximum Gasteiger partial charge on any atom is 0.207 e. The number of amidine groups is 1. The maximum absolute atomic E-state index is 6.16. The minimum Gasteiger partial charge on any atom is -0.382 e. The molecule has 0 spiro atoms. The van der Waals surface area contributed by atoms with Crippen LogP contribution in [0.3, 0.4) is 0 Å². The average molecular weight is 381 g/mol. The van der Waals surface area contributed by atoms with Gasteiger partial charge < -0.3 is 5.73 Å². The normalized spacial score (nSPS) is 18.1. The van der Waals surface area contributed by atoms with E-state index in [4.69, 9.17) is 15.7 Å². The summed E-state index contributed by atoms with van der Waals surface area (Å²) in [6.45, 7) is 5.76. The molecule has 2 aromatic carbocycles. The van der Waals surface area contributed by atoms with E-state index in [0.29, 0.717) is 5.84 Å². The first-order valence-electron chi connectivity index (χ1n) is 9.49. The van der Waals surface area contributed by atoms with Crippen LogP contribution in [0, 0.1) is 18.8 Å². The molecule has 0 aliphatic carbocycles. The summed E-state index contributed by atoms with van der Waals surface area (Å²) in [5.74, 6) is 6.53. The van der Waals surface area contributed by atoms with Crippen molar-refractivity contribution in [3.63, 3.8) is 0 Å². The van der Waals surface area contributed by atoms with Gasteiger partial charge in [0.2, 0.25) is 5.66 Å². The molecule has 1 aromatic heterocycles. The van der Waals surface area contributed by atoms with E-state index in [2.05, 4.69) is 41.2 Å². The van der Waals surface area contributed by atoms with Crippen LogP contribution in [-0.4, -0.2) is 21.3 Å². The van der Waals surface area contributed by atoms with Crippen molar-refractivity contribution in [1.29, 1.82) is 0 Å².